The van der Waals surface area contributed by atoms with E-state index < -0.39 is 87.5 Å². The third-order valence-corrected chi connectivity index (χ3v) is 10.7. The predicted molar refractivity (Wildman–Crippen MR) is 196 cm³/mol. The Morgan fingerprint density at radius 2 is 1.69 bits per heavy atom. The minimum absolute atomic E-state index is 0.000309. The summed E-state index contributed by atoms with van der Waals surface area (Å²) in [6.45, 7) is -1.11. The number of carbonyl (C=O) groups excluding carboxylic acids is 1. The quantitative estimate of drug-likeness (QED) is 0.110. The molecular weight excluding hydrogens is 819 g/mol. The van der Waals surface area contributed by atoms with Crippen molar-refractivity contribution in [2.75, 3.05) is 11.0 Å². The van der Waals surface area contributed by atoms with Gasteiger partial charge in [0.05, 0.1) is 39.8 Å². The molecule has 0 bridgehead atoms. The van der Waals surface area contributed by atoms with Crippen LogP contribution in [0.5, 0.6) is 0 Å². The maximum absolute atomic E-state index is 15.6. The number of pyridine rings is 1. The number of amides is 1. The number of benzene rings is 2. The second kappa shape index (κ2) is 13.9. The Labute approximate surface area is 328 Å². The van der Waals surface area contributed by atoms with Crippen LogP contribution in [0.2, 0.25) is 5.02 Å². The molecule has 0 fully saturated rings. The van der Waals surface area contributed by atoms with Crippen LogP contribution in [-0.2, 0) is 46.9 Å². The molecule has 1 unspecified atom stereocenters. The van der Waals surface area contributed by atoms with Crippen LogP contribution in [0.15, 0.2) is 73.1 Å². The maximum atomic E-state index is 15.6. The molecule has 3 atom stereocenters. The summed E-state index contributed by atoms with van der Waals surface area (Å²) in [6.07, 6.45) is 0.632. The normalized spacial score (nSPS) is 17.5. The number of carbonyl (C=O) groups is 1. The average Bonchev–Trinajstić information content (AvgIpc) is 3.69. The van der Waals surface area contributed by atoms with Crippen molar-refractivity contribution in [3.63, 3.8) is 0 Å². The van der Waals surface area contributed by atoms with Gasteiger partial charge in [0, 0.05) is 48.1 Å². The molecular formula is C37H27ClF7N9O3S. The zero-order valence-corrected chi connectivity index (χ0v) is 31.4. The largest absolute Gasteiger partial charge is 0.435 e. The number of sulfonamides is 1. The van der Waals surface area contributed by atoms with Crippen molar-refractivity contribution in [1.82, 2.24) is 39.8 Å². The van der Waals surface area contributed by atoms with Crippen LogP contribution >= 0.6 is 11.6 Å². The van der Waals surface area contributed by atoms with E-state index in [0.717, 1.165) is 24.5 Å². The summed E-state index contributed by atoms with van der Waals surface area (Å²) in [5, 5.41) is 10.7. The summed E-state index contributed by atoms with van der Waals surface area (Å²) in [7, 11) is -2.34. The van der Waals surface area contributed by atoms with Gasteiger partial charge in [-0.05, 0) is 42.3 Å². The molecule has 2 N–H and O–H groups in total. The number of hydrogen-bond acceptors (Lipinski definition) is 8. The van der Waals surface area contributed by atoms with E-state index >= 15 is 8.78 Å². The molecule has 300 valence electrons. The number of anilines is 1. The lowest BCUT2D eigenvalue weighted by Gasteiger charge is -2.27. The third-order valence-electron chi connectivity index (χ3n) is 9.79. The second-order valence-corrected chi connectivity index (χ2v) is 15.9. The first kappa shape index (κ1) is 39.0. The Bertz CT molecular complexity index is 2770. The van der Waals surface area contributed by atoms with E-state index in [0.29, 0.717) is 16.3 Å². The van der Waals surface area contributed by atoms with Crippen molar-refractivity contribution in [3.8, 4) is 22.6 Å². The number of fused-ring (bicyclic) bond motifs is 4. The number of aryl methyl sites for hydroxylation is 1. The van der Waals surface area contributed by atoms with Crippen LogP contribution in [0, 0.1) is 17.6 Å². The number of aromatic nitrogens is 7. The summed E-state index contributed by atoms with van der Waals surface area (Å²) < 4.78 is 131. The SMILES string of the molecule is Cn1nc(NS(C)(=O)=O)c2c(Cl)ccc(-c3ccc(-c4ncccn4)nc3C(Cc3cc(F)cc(F)c3)NC(=O)Cn3nc(C(F)(F)F)c4c3C(F)(F)[C@@H]3C=C[C@H]43)c21. The molecule has 8 rings (SSSR count). The van der Waals surface area contributed by atoms with E-state index in [9.17, 15) is 35.2 Å². The Hall–Kier alpha value is -5.89. The zero-order valence-electron chi connectivity index (χ0n) is 29.9. The van der Waals surface area contributed by atoms with Gasteiger partial charge in [-0.15, -0.1) is 0 Å². The topological polar surface area (TPSA) is 150 Å². The number of hydrogen-bond donors (Lipinski definition) is 2. The van der Waals surface area contributed by atoms with Gasteiger partial charge in [-0.2, -0.15) is 32.1 Å². The maximum Gasteiger partial charge on any atom is 0.435 e. The van der Waals surface area contributed by atoms with E-state index in [4.69, 9.17) is 16.6 Å². The van der Waals surface area contributed by atoms with Gasteiger partial charge in [0.15, 0.2) is 17.3 Å². The Kier molecular flexibility index (Phi) is 9.33. The first-order valence-electron chi connectivity index (χ1n) is 17.2. The van der Waals surface area contributed by atoms with Crippen molar-refractivity contribution in [2.45, 2.75) is 37.0 Å². The number of nitrogens with zero attached hydrogens (tertiary/aromatic N) is 7. The fraction of sp³-hybridized carbons (Fsp3) is 0.243. The lowest BCUT2D eigenvalue weighted by atomic mass is 9.81. The van der Waals surface area contributed by atoms with E-state index in [1.807, 2.05) is 0 Å². The van der Waals surface area contributed by atoms with Gasteiger partial charge in [-0.25, -0.2) is 32.2 Å². The smallest absolute Gasteiger partial charge is 0.346 e. The first-order chi connectivity index (χ1) is 27.3. The Balaban J connectivity index is 1.29. The second-order valence-electron chi connectivity index (χ2n) is 13.8. The highest BCUT2D eigenvalue weighted by Gasteiger charge is 2.61. The number of rotatable bonds is 10. The molecule has 0 saturated carbocycles. The molecule has 12 nitrogen and oxygen atoms in total. The Morgan fingerprint density at radius 3 is 2.33 bits per heavy atom. The molecule has 2 aromatic carbocycles. The lowest BCUT2D eigenvalue weighted by molar-refractivity contribution is -0.142. The number of halogens is 8. The van der Waals surface area contributed by atoms with Crippen LogP contribution < -0.4 is 10.0 Å². The highest BCUT2D eigenvalue weighted by Crippen LogP contribution is 2.60. The first-order valence-corrected chi connectivity index (χ1v) is 19.5. The summed E-state index contributed by atoms with van der Waals surface area (Å²) in [6, 6.07) is 8.91. The van der Waals surface area contributed by atoms with Gasteiger partial charge in [-0.3, -0.25) is 18.9 Å². The van der Waals surface area contributed by atoms with Crippen LogP contribution in [0.1, 0.15) is 40.2 Å². The Morgan fingerprint density at radius 1 is 1.00 bits per heavy atom. The standard InChI is InChI=1S/C37H27ClF7N9O3S/c1-53-31-21(5-8-24(38)29(31)35(51-53)52-58(2,56)57)20-6-9-25(34-46-10-3-11-47-34)49-30(20)26(14-17-12-18(39)15-19(40)13-17)48-27(55)16-54-33-28(32(50-54)37(43,44)45)22-4-7-23(22)36(33,41)42/h3-13,15,22-23,26H,14,16H2,1-2H3,(H,48,55)(H,51,52)/t22-,23+,26?/m0/s1. The van der Waals surface area contributed by atoms with Crippen molar-refractivity contribution in [1.29, 1.82) is 0 Å². The van der Waals surface area contributed by atoms with Crippen molar-refractivity contribution >= 4 is 44.3 Å². The van der Waals surface area contributed by atoms with Crippen LogP contribution in [-0.4, -0.2) is 55.1 Å². The summed E-state index contributed by atoms with van der Waals surface area (Å²) in [5.74, 6) is -9.58. The molecule has 2 aliphatic carbocycles. The van der Waals surface area contributed by atoms with Crippen LogP contribution in [0.3, 0.4) is 0 Å². The molecule has 58 heavy (non-hydrogen) atoms. The number of allylic oxidation sites excluding steroid dienone is 2. The van der Waals surface area contributed by atoms with Gasteiger partial charge in [0.1, 0.15) is 29.6 Å². The summed E-state index contributed by atoms with van der Waals surface area (Å²) in [4.78, 5) is 27.3. The van der Waals surface area contributed by atoms with Gasteiger partial charge < -0.3 is 5.32 Å². The number of alkyl halides is 5. The molecule has 4 heterocycles. The minimum atomic E-state index is -5.12. The molecule has 0 aliphatic heterocycles. The van der Waals surface area contributed by atoms with Crippen LogP contribution in [0.25, 0.3) is 33.5 Å². The van der Waals surface area contributed by atoms with Gasteiger partial charge >= 0.3 is 6.18 Å². The van der Waals surface area contributed by atoms with Crippen molar-refractivity contribution in [3.05, 3.63) is 118 Å². The van der Waals surface area contributed by atoms with E-state index in [1.165, 1.54) is 42.3 Å². The fourth-order valence-corrected chi connectivity index (χ4v) is 8.24. The summed E-state index contributed by atoms with van der Waals surface area (Å²) >= 11 is 6.58. The molecule has 0 spiro atoms. The van der Waals surface area contributed by atoms with Gasteiger partial charge in [0.2, 0.25) is 15.9 Å². The molecule has 6 aromatic rings. The van der Waals surface area contributed by atoms with E-state index in [-0.39, 0.29) is 50.1 Å². The molecule has 0 saturated heterocycles. The van der Waals surface area contributed by atoms with Gasteiger partial charge in [-0.1, -0.05) is 35.9 Å². The third kappa shape index (κ3) is 6.92. The monoisotopic (exact) mass is 845 g/mol. The van der Waals surface area contributed by atoms with E-state index in [2.05, 4.69) is 30.2 Å². The predicted octanol–water partition coefficient (Wildman–Crippen LogP) is 7.09. The highest BCUT2D eigenvalue weighted by molar-refractivity contribution is 7.92. The fourth-order valence-electron chi connectivity index (χ4n) is 7.50. The molecule has 0 radical (unpaired) electrons. The van der Waals surface area contributed by atoms with Crippen molar-refractivity contribution in [2.24, 2.45) is 13.0 Å². The van der Waals surface area contributed by atoms with Crippen molar-refractivity contribution < 1.29 is 43.9 Å². The van der Waals surface area contributed by atoms with Crippen LogP contribution in [0.4, 0.5) is 36.6 Å². The zero-order chi connectivity index (χ0) is 41.5. The summed E-state index contributed by atoms with van der Waals surface area (Å²) in [5.41, 5.74) is -2.28. The van der Waals surface area contributed by atoms with E-state index in [1.54, 1.807) is 18.2 Å². The highest BCUT2D eigenvalue weighted by atomic mass is 35.5. The molecule has 4 aromatic heterocycles. The lowest BCUT2D eigenvalue weighted by Crippen LogP contribution is -2.36. The average molecular weight is 846 g/mol. The molecule has 1 amide bonds. The van der Waals surface area contributed by atoms with Gasteiger partial charge in [0.25, 0.3) is 5.92 Å². The number of nitrogens with one attached hydrogen (secondary N) is 2. The molecule has 2 aliphatic rings. The molecule has 21 heteroatoms. The minimum Gasteiger partial charge on any atom is -0.346 e.